The Balaban J connectivity index is 1.60. The van der Waals surface area contributed by atoms with Gasteiger partial charge in [0.25, 0.3) is 5.91 Å². The van der Waals surface area contributed by atoms with Gasteiger partial charge in [0.15, 0.2) is 0 Å². The van der Waals surface area contributed by atoms with E-state index in [1.165, 1.54) is 4.90 Å². The highest BCUT2D eigenvalue weighted by molar-refractivity contribution is 6.30. The molecule has 0 aliphatic heterocycles. The van der Waals surface area contributed by atoms with Crippen LogP contribution in [0.2, 0.25) is 5.02 Å². The van der Waals surface area contributed by atoms with E-state index in [1.54, 1.807) is 31.4 Å². The van der Waals surface area contributed by atoms with E-state index in [1.807, 2.05) is 79.2 Å². The molecule has 36 heavy (non-hydrogen) atoms. The third-order valence-electron chi connectivity index (χ3n) is 5.67. The van der Waals surface area contributed by atoms with E-state index in [2.05, 4.69) is 10.3 Å². The van der Waals surface area contributed by atoms with Gasteiger partial charge in [0.2, 0.25) is 11.9 Å². The maximum Gasteiger partial charge on any atom is 0.254 e. The van der Waals surface area contributed by atoms with Crippen molar-refractivity contribution in [2.75, 3.05) is 19.0 Å². The normalized spacial score (nSPS) is 10.8. The molecule has 1 aromatic heterocycles. The van der Waals surface area contributed by atoms with Crippen molar-refractivity contribution in [1.82, 2.24) is 14.5 Å². The van der Waals surface area contributed by atoms with Crippen LogP contribution in [0.5, 0.6) is 5.75 Å². The Morgan fingerprint density at radius 1 is 1.00 bits per heavy atom. The minimum Gasteiger partial charge on any atom is -0.497 e. The minimum absolute atomic E-state index is 0.126. The van der Waals surface area contributed by atoms with E-state index in [-0.39, 0.29) is 24.4 Å². The second kappa shape index (κ2) is 11.1. The number of aromatic nitrogens is 2. The number of rotatable bonds is 8. The maximum absolute atomic E-state index is 13.1. The molecule has 0 spiro atoms. The zero-order valence-corrected chi connectivity index (χ0v) is 21.1. The smallest absolute Gasteiger partial charge is 0.254 e. The summed E-state index contributed by atoms with van der Waals surface area (Å²) < 4.78 is 7.07. The molecule has 4 rings (SSSR count). The zero-order valence-electron chi connectivity index (χ0n) is 20.3. The molecule has 0 unspecified atom stereocenters. The second-order valence-corrected chi connectivity index (χ2v) is 8.90. The van der Waals surface area contributed by atoms with Crippen LogP contribution in [0.3, 0.4) is 0 Å². The average molecular weight is 503 g/mol. The Labute approximate surface area is 215 Å². The summed E-state index contributed by atoms with van der Waals surface area (Å²) in [6.07, 6.45) is 1.87. The molecule has 7 nitrogen and oxygen atoms in total. The molecule has 0 radical (unpaired) electrons. The number of hydrogen-bond donors (Lipinski definition) is 1. The van der Waals surface area contributed by atoms with Gasteiger partial charge in [0, 0.05) is 34.1 Å². The molecule has 4 aromatic rings. The lowest BCUT2D eigenvalue weighted by atomic mass is 10.1. The lowest BCUT2D eigenvalue weighted by Crippen LogP contribution is -2.42. The van der Waals surface area contributed by atoms with Gasteiger partial charge >= 0.3 is 0 Å². The van der Waals surface area contributed by atoms with Gasteiger partial charge < -0.3 is 9.64 Å². The molecule has 3 aromatic carbocycles. The zero-order chi connectivity index (χ0) is 25.7. The van der Waals surface area contributed by atoms with Gasteiger partial charge in [-0.3, -0.25) is 19.5 Å². The van der Waals surface area contributed by atoms with E-state index < -0.39 is 0 Å². The number of benzene rings is 3. The monoisotopic (exact) mass is 502 g/mol. The number of ether oxygens (including phenoxy) is 1. The van der Waals surface area contributed by atoms with Crippen molar-refractivity contribution in [1.29, 1.82) is 0 Å². The van der Waals surface area contributed by atoms with Gasteiger partial charge in [-0.05, 0) is 74.5 Å². The van der Waals surface area contributed by atoms with Crippen LogP contribution in [0, 0.1) is 0 Å². The fourth-order valence-corrected chi connectivity index (χ4v) is 3.85. The summed E-state index contributed by atoms with van der Waals surface area (Å²) in [5.74, 6) is 0.505. The van der Waals surface area contributed by atoms with Crippen molar-refractivity contribution in [3.05, 3.63) is 95.6 Å². The van der Waals surface area contributed by atoms with E-state index in [0.717, 1.165) is 17.0 Å². The number of imidazole rings is 1. The molecule has 2 amide bonds. The number of methoxy groups -OCH3 is 1. The Hall–Kier alpha value is -4.10. The highest BCUT2D eigenvalue weighted by Gasteiger charge is 2.23. The SMILES string of the molecule is COc1ccc(-c2cn(-c3ccccc3)c(NC(=O)CN(C(=O)c3ccc(Cl)cc3)C(C)C)n2)cc1. The molecule has 184 valence electrons. The number of anilines is 1. The lowest BCUT2D eigenvalue weighted by Gasteiger charge is -2.26. The summed E-state index contributed by atoms with van der Waals surface area (Å²) in [4.78, 5) is 32.4. The summed E-state index contributed by atoms with van der Waals surface area (Å²) in [6, 6.07) is 23.6. The molecule has 1 heterocycles. The first-order valence-electron chi connectivity index (χ1n) is 11.5. The van der Waals surface area contributed by atoms with E-state index in [9.17, 15) is 9.59 Å². The first-order chi connectivity index (χ1) is 17.4. The quantitative estimate of drug-likeness (QED) is 0.336. The van der Waals surface area contributed by atoms with Crippen molar-refractivity contribution in [3.63, 3.8) is 0 Å². The Bertz CT molecular complexity index is 1330. The first kappa shape index (κ1) is 25.0. The van der Waals surface area contributed by atoms with E-state index >= 15 is 0 Å². The summed E-state index contributed by atoms with van der Waals surface area (Å²) in [5.41, 5.74) is 2.88. The molecule has 0 saturated heterocycles. The molecular weight excluding hydrogens is 476 g/mol. The predicted octanol–water partition coefficient (Wildman–Crippen LogP) is 5.69. The third kappa shape index (κ3) is 5.75. The Morgan fingerprint density at radius 3 is 2.28 bits per heavy atom. The number of carbonyl (C=O) groups is 2. The molecule has 0 aliphatic rings. The van der Waals surface area contributed by atoms with E-state index in [4.69, 9.17) is 16.3 Å². The van der Waals surface area contributed by atoms with Crippen LogP contribution in [0.25, 0.3) is 16.9 Å². The number of hydrogen-bond acceptors (Lipinski definition) is 4. The number of para-hydroxylation sites is 1. The molecule has 0 saturated carbocycles. The maximum atomic E-state index is 13.1. The van der Waals surface area contributed by atoms with Gasteiger partial charge in [-0.15, -0.1) is 0 Å². The lowest BCUT2D eigenvalue weighted by molar-refractivity contribution is -0.117. The Morgan fingerprint density at radius 2 is 1.67 bits per heavy atom. The third-order valence-corrected chi connectivity index (χ3v) is 5.92. The molecule has 8 heteroatoms. The highest BCUT2D eigenvalue weighted by Crippen LogP contribution is 2.26. The molecule has 0 aliphatic carbocycles. The Kier molecular flexibility index (Phi) is 7.71. The van der Waals surface area contributed by atoms with Crippen LogP contribution in [-0.2, 0) is 4.79 Å². The minimum atomic E-state index is -0.352. The second-order valence-electron chi connectivity index (χ2n) is 8.47. The van der Waals surface area contributed by atoms with Crippen molar-refractivity contribution in [2.45, 2.75) is 19.9 Å². The fourth-order valence-electron chi connectivity index (χ4n) is 3.72. The summed E-state index contributed by atoms with van der Waals surface area (Å²) in [6.45, 7) is 3.61. The first-order valence-corrected chi connectivity index (χ1v) is 11.9. The van der Waals surface area contributed by atoms with Gasteiger partial charge in [0.05, 0.1) is 12.8 Å². The van der Waals surface area contributed by atoms with Crippen molar-refractivity contribution < 1.29 is 14.3 Å². The summed E-state index contributed by atoms with van der Waals surface area (Å²) in [5, 5.41) is 3.44. The van der Waals surface area contributed by atoms with Crippen LogP contribution in [0.15, 0.2) is 85.1 Å². The van der Waals surface area contributed by atoms with Crippen LogP contribution >= 0.6 is 11.6 Å². The summed E-state index contributed by atoms with van der Waals surface area (Å²) >= 11 is 5.96. The van der Waals surface area contributed by atoms with Crippen LogP contribution < -0.4 is 10.1 Å². The highest BCUT2D eigenvalue weighted by atomic mass is 35.5. The van der Waals surface area contributed by atoms with Crippen LogP contribution in [0.1, 0.15) is 24.2 Å². The number of amides is 2. The van der Waals surface area contributed by atoms with E-state index in [0.29, 0.717) is 22.2 Å². The van der Waals surface area contributed by atoms with Crippen molar-refractivity contribution in [3.8, 4) is 22.7 Å². The largest absolute Gasteiger partial charge is 0.497 e. The summed E-state index contributed by atoms with van der Waals surface area (Å²) in [7, 11) is 1.62. The fraction of sp³-hybridized carbons (Fsp3) is 0.179. The van der Waals surface area contributed by atoms with Gasteiger partial charge in [-0.1, -0.05) is 29.8 Å². The van der Waals surface area contributed by atoms with Gasteiger partial charge in [-0.2, -0.15) is 0 Å². The topological polar surface area (TPSA) is 76.5 Å². The van der Waals surface area contributed by atoms with Crippen LogP contribution in [-0.4, -0.2) is 46.0 Å². The van der Waals surface area contributed by atoms with Gasteiger partial charge in [0.1, 0.15) is 12.3 Å². The number of carbonyl (C=O) groups excluding carboxylic acids is 2. The predicted molar refractivity (Wildman–Crippen MR) is 142 cm³/mol. The van der Waals surface area contributed by atoms with Gasteiger partial charge in [-0.25, -0.2) is 4.98 Å². The molecule has 0 fully saturated rings. The standard InChI is InChI=1S/C28H27ClN4O3/c1-19(2)32(27(35)21-9-13-22(29)14-10-21)18-26(34)31-28-30-25(20-11-15-24(36-3)16-12-20)17-33(28)23-7-5-4-6-8-23/h4-17,19H,18H2,1-3H3,(H,30,31,34). The van der Waals surface area contributed by atoms with Crippen molar-refractivity contribution >= 4 is 29.4 Å². The number of halogens is 1. The molecule has 0 bridgehead atoms. The number of nitrogens with zero attached hydrogens (tertiary/aromatic N) is 3. The average Bonchev–Trinajstić information content (AvgIpc) is 3.31. The molecular formula is C28H27ClN4O3. The van der Waals surface area contributed by atoms with Crippen molar-refractivity contribution in [2.24, 2.45) is 0 Å². The van der Waals surface area contributed by atoms with Crippen LogP contribution in [0.4, 0.5) is 5.95 Å². The molecule has 1 N–H and O–H groups in total. The number of nitrogens with one attached hydrogen (secondary N) is 1. The molecule has 0 atom stereocenters.